The third-order valence-electron chi connectivity index (χ3n) is 1.92. The monoisotopic (exact) mass is 282 g/mol. The average Bonchev–Trinajstić information content (AvgIpc) is 2.65. The maximum absolute atomic E-state index is 5.65. The van der Waals surface area contributed by atoms with Gasteiger partial charge in [-0.15, -0.1) is 0 Å². The average molecular weight is 283 g/mol. The van der Waals surface area contributed by atoms with Crippen LogP contribution in [0.1, 0.15) is 12.7 Å². The van der Waals surface area contributed by atoms with Gasteiger partial charge >= 0.3 is 0 Å². The van der Waals surface area contributed by atoms with Gasteiger partial charge in [-0.2, -0.15) is 4.98 Å². The predicted molar refractivity (Wildman–Crippen MR) is 62.6 cm³/mol. The molecular formula is C10H11BrN4O. The molecule has 6 heteroatoms. The Morgan fingerprint density at radius 3 is 3.00 bits per heavy atom. The first-order chi connectivity index (χ1) is 7.65. The summed E-state index contributed by atoms with van der Waals surface area (Å²) < 4.78 is 6.00. The normalized spacial score (nSPS) is 12.7. The Balaban J connectivity index is 2.24. The highest BCUT2D eigenvalue weighted by Crippen LogP contribution is 2.19. The molecule has 2 aromatic heterocycles. The van der Waals surface area contributed by atoms with E-state index >= 15 is 0 Å². The molecule has 0 spiro atoms. The van der Waals surface area contributed by atoms with Crippen LogP contribution in [0, 0.1) is 0 Å². The summed E-state index contributed by atoms with van der Waals surface area (Å²) in [5.41, 5.74) is 6.44. The largest absolute Gasteiger partial charge is 0.334 e. The van der Waals surface area contributed by atoms with Crippen molar-refractivity contribution in [2.75, 3.05) is 0 Å². The van der Waals surface area contributed by atoms with Crippen LogP contribution in [-0.4, -0.2) is 21.2 Å². The molecule has 0 aromatic carbocycles. The molecule has 2 heterocycles. The molecule has 0 bridgehead atoms. The van der Waals surface area contributed by atoms with Gasteiger partial charge in [-0.3, -0.25) is 4.98 Å². The molecule has 1 unspecified atom stereocenters. The van der Waals surface area contributed by atoms with E-state index in [1.54, 1.807) is 12.4 Å². The predicted octanol–water partition coefficient (Wildman–Crippen LogP) is 1.78. The topological polar surface area (TPSA) is 77.8 Å². The van der Waals surface area contributed by atoms with Crippen molar-refractivity contribution in [3.63, 3.8) is 0 Å². The van der Waals surface area contributed by atoms with Crippen molar-refractivity contribution in [1.29, 1.82) is 0 Å². The maximum Gasteiger partial charge on any atom is 0.259 e. The number of aromatic nitrogens is 3. The molecule has 0 saturated heterocycles. The van der Waals surface area contributed by atoms with Gasteiger partial charge in [-0.25, -0.2) is 0 Å². The number of hydrogen-bond acceptors (Lipinski definition) is 5. The second-order valence-corrected chi connectivity index (χ2v) is 4.50. The van der Waals surface area contributed by atoms with Gasteiger partial charge in [-0.1, -0.05) is 5.16 Å². The minimum atomic E-state index is 0.0195. The Morgan fingerprint density at radius 1 is 1.50 bits per heavy atom. The summed E-state index contributed by atoms with van der Waals surface area (Å²) in [5.74, 6) is 1.08. The number of nitrogens with zero attached hydrogens (tertiary/aromatic N) is 3. The molecule has 2 rings (SSSR count). The highest BCUT2D eigenvalue weighted by Gasteiger charge is 2.10. The third-order valence-corrected chi connectivity index (χ3v) is 2.36. The molecule has 0 aliphatic rings. The zero-order chi connectivity index (χ0) is 11.5. The van der Waals surface area contributed by atoms with Crippen LogP contribution in [0.5, 0.6) is 0 Å². The molecule has 5 nitrogen and oxygen atoms in total. The Hall–Kier alpha value is -1.27. The molecule has 2 aromatic rings. The van der Waals surface area contributed by atoms with Crippen LogP contribution in [-0.2, 0) is 6.42 Å². The van der Waals surface area contributed by atoms with Gasteiger partial charge in [0.25, 0.3) is 5.89 Å². The maximum atomic E-state index is 5.65. The summed E-state index contributed by atoms with van der Waals surface area (Å²) in [6.07, 6.45) is 3.97. The van der Waals surface area contributed by atoms with Crippen molar-refractivity contribution in [1.82, 2.24) is 15.1 Å². The number of nitrogens with two attached hydrogens (primary N) is 1. The fourth-order valence-electron chi connectivity index (χ4n) is 1.27. The first-order valence-electron chi connectivity index (χ1n) is 4.84. The minimum Gasteiger partial charge on any atom is -0.334 e. The first kappa shape index (κ1) is 11.2. The van der Waals surface area contributed by atoms with Crippen molar-refractivity contribution >= 4 is 15.9 Å². The molecule has 1 atom stereocenters. The van der Waals surface area contributed by atoms with Crippen molar-refractivity contribution in [3.05, 3.63) is 28.8 Å². The Bertz CT molecular complexity index is 483. The van der Waals surface area contributed by atoms with Crippen LogP contribution >= 0.6 is 15.9 Å². The number of halogens is 1. The smallest absolute Gasteiger partial charge is 0.259 e. The second kappa shape index (κ2) is 4.71. The van der Waals surface area contributed by atoms with Crippen LogP contribution in [0.4, 0.5) is 0 Å². The van der Waals surface area contributed by atoms with Crippen LogP contribution in [0.2, 0.25) is 0 Å². The van der Waals surface area contributed by atoms with E-state index in [1.807, 2.05) is 13.0 Å². The molecule has 0 aliphatic carbocycles. The van der Waals surface area contributed by atoms with E-state index in [2.05, 4.69) is 31.1 Å². The quantitative estimate of drug-likeness (QED) is 0.929. The van der Waals surface area contributed by atoms with Gasteiger partial charge in [0.05, 0.1) is 5.56 Å². The van der Waals surface area contributed by atoms with E-state index in [0.29, 0.717) is 18.1 Å². The summed E-state index contributed by atoms with van der Waals surface area (Å²) in [6.45, 7) is 1.90. The lowest BCUT2D eigenvalue weighted by molar-refractivity contribution is 0.420. The molecule has 16 heavy (non-hydrogen) atoms. The zero-order valence-electron chi connectivity index (χ0n) is 8.72. The summed E-state index contributed by atoms with van der Waals surface area (Å²) in [5, 5.41) is 3.85. The van der Waals surface area contributed by atoms with Gasteiger partial charge in [0.1, 0.15) is 0 Å². The van der Waals surface area contributed by atoms with Gasteiger partial charge in [0.2, 0.25) is 0 Å². The fraction of sp³-hybridized carbons (Fsp3) is 0.300. The molecule has 0 fully saturated rings. The molecule has 0 amide bonds. The standard InChI is InChI=1S/C10H11BrN4O/c1-6(12)2-9-14-10(16-15-9)7-3-8(11)5-13-4-7/h3-6H,2,12H2,1H3. The summed E-state index contributed by atoms with van der Waals surface area (Å²) in [4.78, 5) is 8.27. The first-order valence-corrected chi connectivity index (χ1v) is 5.63. The van der Waals surface area contributed by atoms with E-state index in [4.69, 9.17) is 10.3 Å². The van der Waals surface area contributed by atoms with Crippen molar-refractivity contribution in [3.8, 4) is 11.5 Å². The molecule has 0 radical (unpaired) electrons. The van der Waals surface area contributed by atoms with Gasteiger partial charge in [0.15, 0.2) is 5.82 Å². The Morgan fingerprint density at radius 2 is 2.31 bits per heavy atom. The van der Waals surface area contributed by atoms with Gasteiger partial charge in [0, 0.05) is 29.3 Å². The molecule has 0 aliphatic heterocycles. The van der Waals surface area contributed by atoms with E-state index in [1.165, 1.54) is 0 Å². The van der Waals surface area contributed by atoms with E-state index in [-0.39, 0.29) is 6.04 Å². The molecule has 0 saturated carbocycles. The number of rotatable bonds is 3. The van der Waals surface area contributed by atoms with Crippen molar-refractivity contribution in [2.24, 2.45) is 5.73 Å². The summed E-state index contributed by atoms with van der Waals surface area (Å²) in [7, 11) is 0. The molecular weight excluding hydrogens is 272 g/mol. The Kier molecular flexibility index (Phi) is 3.31. The summed E-state index contributed by atoms with van der Waals surface area (Å²) >= 11 is 3.33. The molecule has 2 N–H and O–H groups in total. The SMILES string of the molecule is CC(N)Cc1noc(-c2cncc(Br)c2)n1. The second-order valence-electron chi connectivity index (χ2n) is 3.59. The highest BCUT2D eigenvalue weighted by atomic mass is 79.9. The fourth-order valence-corrected chi connectivity index (χ4v) is 1.64. The van der Waals surface area contributed by atoms with E-state index in [9.17, 15) is 0 Å². The summed E-state index contributed by atoms with van der Waals surface area (Å²) in [6, 6.07) is 1.89. The van der Waals surface area contributed by atoms with Crippen LogP contribution in [0.15, 0.2) is 27.5 Å². The van der Waals surface area contributed by atoms with Crippen LogP contribution in [0.3, 0.4) is 0 Å². The number of hydrogen-bond donors (Lipinski definition) is 1. The van der Waals surface area contributed by atoms with Gasteiger partial charge < -0.3 is 10.3 Å². The van der Waals surface area contributed by atoms with Crippen molar-refractivity contribution in [2.45, 2.75) is 19.4 Å². The lowest BCUT2D eigenvalue weighted by Crippen LogP contribution is -2.18. The highest BCUT2D eigenvalue weighted by molar-refractivity contribution is 9.10. The van der Waals surface area contributed by atoms with Crippen LogP contribution in [0.25, 0.3) is 11.5 Å². The lowest BCUT2D eigenvalue weighted by atomic mass is 10.2. The van der Waals surface area contributed by atoms with Crippen LogP contribution < -0.4 is 5.73 Å². The Labute approximate surface area is 101 Å². The van der Waals surface area contributed by atoms with E-state index in [0.717, 1.165) is 10.0 Å². The lowest BCUT2D eigenvalue weighted by Gasteiger charge is -1.97. The van der Waals surface area contributed by atoms with E-state index < -0.39 is 0 Å². The van der Waals surface area contributed by atoms with Gasteiger partial charge in [-0.05, 0) is 28.9 Å². The molecule has 84 valence electrons. The zero-order valence-corrected chi connectivity index (χ0v) is 10.3. The number of pyridine rings is 1. The van der Waals surface area contributed by atoms with Crippen molar-refractivity contribution < 1.29 is 4.52 Å². The minimum absolute atomic E-state index is 0.0195. The third kappa shape index (κ3) is 2.65.